The van der Waals surface area contributed by atoms with Crippen LogP contribution in [0.5, 0.6) is 5.75 Å². The maximum Gasteiger partial charge on any atom is 0.253 e. The first kappa shape index (κ1) is 19.5. The van der Waals surface area contributed by atoms with Gasteiger partial charge < -0.3 is 19.7 Å². The normalized spacial score (nSPS) is 17.7. The van der Waals surface area contributed by atoms with Gasteiger partial charge >= 0.3 is 0 Å². The van der Waals surface area contributed by atoms with Crippen LogP contribution in [0.2, 0.25) is 0 Å². The molecule has 4 rings (SSSR count). The van der Waals surface area contributed by atoms with Crippen LogP contribution in [0.15, 0.2) is 42.5 Å². The third kappa shape index (κ3) is 4.77. The summed E-state index contributed by atoms with van der Waals surface area (Å²) >= 11 is 0. The minimum absolute atomic E-state index is 0.0705. The molecule has 0 radical (unpaired) electrons. The zero-order valence-electron chi connectivity index (χ0n) is 16.5. The van der Waals surface area contributed by atoms with Crippen molar-refractivity contribution in [2.75, 3.05) is 39.5 Å². The highest BCUT2D eigenvalue weighted by Crippen LogP contribution is 2.25. The molecule has 2 aromatic carbocycles. The number of amides is 2. The van der Waals surface area contributed by atoms with E-state index < -0.39 is 0 Å². The number of carbonyl (C=O) groups is 2. The van der Waals surface area contributed by atoms with Crippen LogP contribution in [-0.2, 0) is 11.2 Å². The van der Waals surface area contributed by atoms with E-state index in [0.29, 0.717) is 43.9 Å². The van der Waals surface area contributed by atoms with E-state index in [0.717, 1.165) is 42.8 Å². The highest BCUT2D eigenvalue weighted by molar-refractivity contribution is 5.95. The second-order valence-electron chi connectivity index (χ2n) is 7.42. The molecule has 152 valence electrons. The van der Waals surface area contributed by atoms with Gasteiger partial charge in [0, 0.05) is 37.2 Å². The van der Waals surface area contributed by atoms with Crippen LogP contribution in [0.25, 0.3) is 0 Å². The van der Waals surface area contributed by atoms with Crippen molar-refractivity contribution in [2.45, 2.75) is 19.3 Å². The van der Waals surface area contributed by atoms with Gasteiger partial charge in [-0.2, -0.15) is 0 Å². The molecule has 29 heavy (non-hydrogen) atoms. The van der Waals surface area contributed by atoms with Gasteiger partial charge in [0.15, 0.2) is 0 Å². The maximum atomic E-state index is 12.8. The Labute approximate surface area is 170 Å². The number of benzene rings is 2. The summed E-state index contributed by atoms with van der Waals surface area (Å²) in [6.45, 7) is 3.39. The zero-order valence-corrected chi connectivity index (χ0v) is 16.5. The fourth-order valence-electron chi connectivity index (χ4n) is 3.79. The van der Waals surface area contributed by atoms with Gasteiger partial charge in [-0.05, 0) is 54.3 Å². The molecular formula is C23H26N2O4. The van der Waals surface area contributed by atoms with Crippen LogP contribution >= 0.6 is 0 Å². The highest BCUT2D eigenvalue weighted by atomic mass is 16.5. The number of rotatable bonds is 1. The SMILES string of the molecule is O=C1NCCOCCOc2ccc(C(=O)N3CCCC3)cc2Cc2cccc1c2. The van der Waals surface area contributed by atoms with Crippen LogP contribution in [0, 0.1) is 0 Å². The minimum atomic E-state index is -0.109. The van der Waals surface area contributed by atoms with Gasteiger partial charge in [0.2, 0.25) is 0 Å². The van der Waals surface area contributed by atoms with Gasteiger partial charge in [-0.15, -0.1) is 0 Å². The quantitative estimate of drug-likeness (QED) is 0.808. The van der Waals surface area contributed by atoms with Gasteiger partial charge in [0.1, 0.15) is 12.4 Å². The molecule has 0 aliphatic carbocycles. The van der Waals surface area contributed by atoms with Crippen LogP contribution in [0.1, 0.15) is 44.7 Å². The van der Waals surface area contributed by atoms with Crippen LogP contribution in [0.3, 0.4) is 0 Å². The Hall–Kier alpha value is -2.86. The number of nitrogens with one attached hydrogen (secondary N) is 1. The Balaban J connectivity index is 1.65. The van der Waals surface area contributed by atoms with Crippen molar-refractivity contribution in [1.82, 2.24) is 10.2 Å². The topological polar surface area (TPSA) is 67.9 Å². The smallest absolute Gasteiger partial charge is 0.253 e. The molecule has 2 aliphatic heterocycles. The van der Waals surface area contributed by atoms with E-state index in [9.17, 15) is 9.59 Å². The Morgan fingerprint density at radius 1 is 1.00 bits per heavy atom. The molecule has 2 aliphatic rings. The van der Waals surface area contributed by atoms with Crippen molar-refractivity contribution < 1.29 is 19.1 Å². The molecule has 1 fully saturated rings. The molecule has 0 atom stereocenters. The maximum absolute atomic E-state index is 12.8. The molecule has 2 aromatic rings. The molecule has 1 N–H and O–H groups in total. The number of likely N-dealkylation sites (tertiary alicyclic amines) is 1. The fourth-order valence-corrected chi connectivity index (χ4v) is 3.79. The van der Waals surface area contributed by atoms with Crippen molar-refractivity contribution in [1.29, 1.82) is 0 Å². The van der Waals surface area contributed by atoms with E-state index in [1.54, 1.807) is 6.07 Å². The molecule has 0 unspecified atom stereocenters. The lowest BCUT2D eigenvalue weighted by atomic mass is 9.99. The van der Waals surface area contributed by atoms with E-state index in [1.165, 1.54) is 0 Å². The van der Waals surface area contributed by atoms with E-state index in [2.05, 4.69) is 5.32 Å². The van der Waals surface area contributed by atoms with Crippen molar-refractivity contribution in [2.24, 2.45) is 0 Å². The number of hydrogen-bond donors (Lipinski definition) is 1. The number of fused-ring (bicyclic) bond motifs is 3. The van der Waals surface area contributed by atoms with Gasteiger partial charge in [-0.3, -0.25) is 9.59 Å². The molecule has 6 heteroatoms. The predicted octanol–water partition coefficient (Wildman–Crippen LogP) is 2.65. The van der Waals surface area contributed by atoms with E-state index >= 15 is 0 Å². The summed E-state index contributed by atoms with van der Waals surface area (Å²) in [4.78, 5) is 27.1. The van der Waals surface area contributed by atoms with Gasteiger partial charge in [-0.25, -0.2) is 0 Å². The number of ether oxygens (including phenoxy) is 2. The molecule has 1 saturated heterocycles. The highest BCUT2D eigenvalue weighted by Gasteiger charge is 2.21. The summed E-state index contributed by atoms with van der Waals surface area (Å²) in [6, 6.07) is 13.2. The first-order valence-corrected chi connectivity index (χ1v) is 10.2. The van der Waals surface area contributed by atoms with Crippen molar-refractivity contribution in [3.63, 3.8) is 0 Å². The standard InChI is InChI=1S/C23H26N2O4/c26-22-18-5-3-4-17(14-18)15-20-16-19(23(27)25-9-1-2-10-25)6-7-21(20)29-13-12-28-11-8-24-22/h3-7,14,16H,1-2,8-13,15H2,(H,24,26). The molecule has 0 aromatic heterocycles. The van der Waals surface area contributed by atoms with Gasteiger partial charge in [-0.1, -0.05) is 12.1 Å². The summed E-state index contributed by atoms with van der Waals surface area (Å²) in [5.41, 5.74) is 3.23. The lowest BCUT2D eigenvalue weighted by Crippen LogP contribution is -2.28. The van der Waals surface area contributed by atoms with E-state index in [1.807, 2.05) is 41.3 Å². The molecule has 2 amide bonds. The Morgan fingerprint density at radius 3 is 2.72 bits per heavy atom. The molecule has 2 heterocycles. The number of nitrogens with zero attached hydrogens (tertiary/aromatic N) is 1. The van der Waals surface area contributed by atoms with Crippen molar-refractivity contribution in [3.05, 3.63) is 64.7 Å². The Bertz CT molecular complexity index is 890. The third-order valence-electron chi connectivity index (χ3n) is 5.30. The third-order valence-corrected chi connectivity index (χ3v) is 5.30. The molecular weight excluding hydrogens is 368 g/mol. The fraction of sp³-hybridized carbons (Fsp3) is 0.391. The van der Waals surface area contributed by atoms with Crippen LogP contribution in [0.4, 0.5) is 0 Å². The summed E-state index contributed by atoms with van der Waals surface area (Å²) in [7, 11) is 0. The van der Waals surface area contributed by atoms with Crippen LogP contribution < -0.4 is 10.1 Å². The largest absolute Gasteiger partial charge is 0.491 e. The van der Waals surface area contributed by atoms with Crippen LogP contribution in [-0.4, -0.2) is 56.2 Å². The number of hydrogen-bond acceptors (Lipinski definition) is 4. The average Bonchev–Trinajstić information content (AvgIpc) is 3.28. The Kier molecular flexibility index (Phi) is 6.10. The minimum Gasteiger partial charge on any atom is -0.491 e. The molecule has 0 spiro atoms. The van der Waals surface area contributed by atoms with Crippen molar-refractivity contribution in [3.8, 4) is 5.75 Å². The second-order valence-corrected chi connectivity index (χ2v) is 7.42. The number of carbonyl (C=O) groups excluding carboxylic acids is 2. The lowest BCUT2D eigenvalue weighted by molar-refractivity contribution is 0.0792. The monoisotopic (exact) mass is 394 g/mol. The van der Waals surface area contributed by atoms with Gasteiger partial charge in [0.05, 0.1) is 13.2 Å². The lowest BCUT2D eigenvalue weighted by Gasteiger charge is -2.18. The summed E-state index contributed by atoms with van der Waals surface area (Å²) in [5, 5.41) is 2.86. The average molecular weight is 394 g/mol. The first-order valence-electron chi connectivity index (χ1n) is 10.2. The van der Waals surface area contributed by atoms with E-state index in [-0.39, 0.29) is 11.8 Å². The van der Waals surface area contributed by atoms with Crippen molar-refractivity contribution >= 4 is 11.8 Å². The second kappa shape index (κ2) is 9.09. The summed E-state index contributed by atoms with van der Waals surface area (Å²) in [5.74, 6) is 0.710. The van der Waals surface area contributed by atoms with E-state index in [4.69, 9.17) is 9.47 Å². The zero-order chi connectivity index (χ0) is 20.1. The summed E-state index contributed by atoms with van der Waals surface area (Å²) < 4.78 is 11.5. The summed E-state index contributed by atoms with van der Waals surface area (Å²) in [6.07, 6.45) is 2.71. The molecule has 2 bridgehead atoms. The van der Waals surface area contributed by atoms with Gasteiger partial charge in [0.25, 0.3) is 11.8 Å². The molecule has 6 nitrogen and oxygen atoms in total. The molecule has 0 saturated carbocycles. The Morgan fingerprint density at radius 2 is 1.86 bits per heavy atom. The first-order chi connectivity index (χ1) is 14.2. The predicted molar refractivity (Wildman–Crippen MR) is 109 cm³/mol.